The van der Waals surface area contributed by atoms with Crippen LogP contribution in [0.1, 0.15) is 45.6 Å². The molecule has 24 heavy (non-hydrogen) atoms. The summed E-state index contributed by atoms with van der Waals surface area (Å²) in [7, 11) is 0. The Kier molecular flexibility index (Phi) is 6.63. The van der Waals surface area contributed by atoms with Crippen molar-refractivity contribution in [1.29, 1.82) is 0 Å². The number of benzene rings is 1. The number of hydrogen-bond acceptors (Lipinski definition) is 4. The second-order valence-corrected chi connectivity index (χ2v) is 7.51. The zero-order chi connectivity index (χ0) is 17.6. The molecule has 5 nitrogen and oxygen atoms in total. The fourth-order valence-electron chi connectivity index (χ4n) is 3.26. The minimum absolute atomic E-state index is 0.0936. The first-order valence-electron chi connectivity index (χ1n) is 8.86. The van der Waals surface area contributed by atoms with Gasteiger partial charge in [-0.25, -0.2) is 4.79 Å². The van der Waals surface area contributed by atoms with E-state index in [1.54, 1.807) is 0 Å². The minimum Gasteiger partial charge on any atom is -0.444 e. The van der Waals surface area contributed by atoms with Crippen LogP contribution in [0.2, 0.25) is 0 Å². The van der Waals surface area contributed by atoms with Crippen molar-refractivity contribution in [3.63, 3.8) is 0 Å². The Hall–Kier alpha value is -1.59. The molecule has 1 aromatic rings. The van der Waals surface area contributed by atoms with Crippen LogP contribution >= 0.6 is 0 Å². The molecule has 2 atom stereocenters. The number of nitrogens with zero attached hydrogens (tertiary/aromatic N) is 1. The molecule has 0 aromatic heterocycles. The number of piperidine rings is 1. The number of ether oxygens (including phenoxy) is 1. The first-order valence-corrected chi connectivity index (χ1v) is 8.86. The summed E-state index contributed by atoms with van der Waals surface area (Å²) in [5, 5.41) is 2.98. The van der Waals surface area contributed by atoms with E-state index < -0.39 is 5.60 Å². The molecule has 0 radical (unpaired) electrons. The standard InChI is InChI=1S/C19H31N3O2/c1-19(2,3)24-18(23)21-16(13-20)17-11-7-8-12-22(17)14-15-9-5-4-6-10-15/h4-6,9-10,16-17H,7-8,11-14,20H2,1-3H3,(H,21,23). The number of hydrogen-bond donors (Lipinski definition) is 2. The van der Waals surface area contributed by atoms with Crippen LogP contribution in [0.3, 0.4) is 0 Å². The SMILES string of the molecule is CC(C)(C)OC(=O)NC(CN)C1CCCCN1Cc1ccccc1. The molecule has 1 aliphatic heterocycles. The van der Waals surface area contributed by atoms with E-state index in [4.69, 9.17) is 10.5 Å². The lowest BCUT2D eigenvalue weighted by Gasteiger charge is -2.40. The van der Waals surface area contributed by atoms with E-state index in [0.29, 0.717) is 6.54 Å². The second-order valence-electron chi connectivity index (χ2n) is 7.51. The van der Waals surface area contributed by atoms with E-state index in [9.17, 15) is 4.79 Å². The molecule has 0 spiro atoms. The molecular weight excluding hydrogens is 302 g/mol. The van der Waals surface area contributed by atoms with Gasteiger partial charge < -0.3 is 15.8 Å². The number of rotatable bonds is 5. The Balaban J connectivity index is 2.02. The summed E-state index contributed by atoms with van der Waals surface area (Å²) in [6, 6.07) is 10.6. The number of amides is 1. The fourth-order valence-corrected chi connectivity index (χ4v) is 3.26. The summed E-state index contributed by atoms with van der Waals surface area (Å²) >= 11 is 0. The third kappa shape index (κ3) is 5.80. The van der Waals surface area contributed by atoms with Gasteiger partial charge in [0.25, 0.3) is 0 Å². The highest BCUT2D eigenvalue weighted by molar-refractivity contribution is 5.68. The van der Waals surface area contributed by atoms with Crippen molar-refractivity contribution in [2.24, 2.45) is 5.73 Å². The van der Waals surface area contributed by atoms with Gasteiger partial charge in [0.2, 0.25) is 0 Å². The maximum absolute atomic E-state index is 12.1. The normalized spacial score (nSPS) is 20.4. The highest BCUT2D eigenvalue weighted by Gasteiger charge is 2.31. The Labute approximate surface area is 145 Å². The molecule has 1 fully saturated rings. The van der Waals surface area contributed by atoms with Crippen molar-refractivity contribution in [3.8, 4) is 0 Å². The second kappa shape index (κ2) is 8.49. The largest absolute Gasteiger partial charge is 0.444 e. The fraction of sp³-hybridized carbons (Fsp3) is 0.632. The zero-order valence-corrected chi connectivity index (χ0v) is 15.1. The van der Waals surface area contributed by atoms with Gasteiger partial charge in [0.05, 0.1) is 6.04 Å². The molecule has 0 aliphatic carbocycles. The first-order chi connectivity index (χ1) is 11.4. The van der Waals surface area contributed by atoms with Gasteiger partial charge in [0, 0.05) is 19.1 Å². The Morgan fingerprint density at radius 1 is 1.33 bits per heavy atom. The molecule has 2 unspecified atom stereocenters. The van der Waals surface area contributed by atoms with Crippen LogP contribution in [0.15, 0.2) is 30.3 Å². The van der Waals surface area contributed by atoms with E-state index in [1.807, 2.05) is 26.8 Å². The number of likely N-dealkylation sites (tertiary alicyclic amines) is 1. The summed E-state index contributed by atoms with van der Waals surface area (Å²) in [6.07, 6.45) is 3.02. The van der Waals surface area contributed by atoms with E-state index in [2.05, 4.69) is 34.5 Å². The van der Waals surface area contributed by atoms with E-state index in [1.165, 1.54) is 18.4 Å². The summed E-state index contributed by atoms with van der Waals surface area (Å²) in [6.45, 7) is 7.93. The molecule has 0 saturated carbocycles. The number of nitrogens with one attached hydrogen (secondary N) is 1. The molecule has 5 heteroatoms. The summed E-state index contributed by atoms with van der Waals surface area (Å²) in [4.78, 5) is 14.6. The predicted octanol–water partition coefficient (Wildman–Crippen LogP) is 2.89. The summed E-state index contributed by atoms with van der Waals surface area (Å²) in [5.74, 6) is 0. The molecule has 0 bridgehead atoms. The number of carbonyl (C=O) groups excluding carboxylic acids is 1. The molecule has 1 heterocycles. The Bertz CT molecular complexity index is 513. The maximum atomic E-state index is 12.1. The van der Waals surface area contributed by atoms with Crippen molar-refractivity contribution < 1.29 is 9.53 Å². The number of nitrogens with two attached hydrogens (primary N) is 1. The van der Waals surface area contributed by atoms with Gasteiger partial charge >= 0.3 is 6.09 Å². The predicted molar refractivity (Wildman–Crippen MR) is 96.7 cm³/mol. The highest BCUT2D eigenvalue weighted by Crippen LogP contribution is 2.22. The Morgan fingerprint density at radius 2 is 2.04 bits per heavy atom. The van der Waals surface area contributed by atoms with Crippen molar-refractivity contribution in [3.05, 3.63) is 35.9 Å². The van der Waals surface area contributed by atoms with Crippen LogP contribution < -0.4 is 11.1 Å². The van der Waals surface area contributed by atoms with Gasteiger partial charge in [-0.05, 0) is 45.7 Å². The molecule has 1 aliphatic rings. The number of carbonyl (C=O) groups is 1. The van der Waals surface area contributed by atoms with Crippen molar-refractivity contribution in [2.75, 3.05) is 13.1 Å². The average Bonchev–Trinajstić information content (AvgIpc) is 2.53. The quantitative estimate of drug-likeness (QED) is 0.869. The zero-order valence-electron chi connectivity index (χ0n) is 15.1. The van der Waals surface area contributed by atoms with Crippen molar-refractivity contribution in [2.45, 2.75) is 64.3 Å². The minimum atomic E-state index is -0.500. The maximum Gasteiger partial charge on any atom is 0.407 e. The lowest BCUT2D eigenvalue weighted by atomic mass is 9.95. The van der Waals surface area contributed by atoms with Crippen LogP contribution in [0.4, 0.5) is 4.79 Å². The molecule has 2 rings (SSSR count). The summed E-state index contributed by atoms with van der Waals surface area (Å²) < 4.78 is 5.39. The topological polar surface area (TPSA) is 67.6 Å². The van der Waals surface area contributed by atoms with Gasteiger partial charge in [-0.3, -0.25) is 4.90 Å². The van der Waals surface area contributed by atoms with E-state index in [-0.39, 0.29) is 18.2 Å². The molecule has 134 valence electrons. The summed E-state index contributed by atoms with van der Waals surface area (Å²) in [5.41, 5.74) is 6.76. The average molecular weight is 333 g/mol. The van der Waals surface area contributed by atoms with Crippen LogP contribution in [0.5, 0.6) is 0 Å². The van der Waals surface area contributed by atoms with Gasteiger partial charge in [-0.2, -0.15) is 0 Å². The lowest BCUT2D eigenvalue weighted by Crippen LogP contribution is -2.56. The third-order valence-corrected chi connectivity index (χ3v) is 4.31. The highest BCUT2D eigenvalue weighted by atomic mass is 16.6. The lowest BCUT2D eigenvalue weighted by molar-refractivity contribution is 0.0428. The number of alkyl carbamates (subject to hydrolysis) is 1. The van der Waals surface area contributed by atoms with Crippen LogP contribution in [0, 0.1) is 0 Å². The smallest absolute Gasteiger partial charge is 0.407 e. The van der Waals surface area contributed by atoms with Gasteiger partial charge in [-0.1, -0.05) is 36.8 Å². The molecule has 1 saturated heterocycles. The van der Waals surface area contributed by atoms with Gasteiger partial charge in [0.15, 0.2) is 0 Å². The van der Waals surface area contributed by atoms with E-state index in [0.717, 1.165) is 19.5 Å². The third-order valence-electron chi connectivity index (χ3n) is 4.31. The first kappa shape index (κ1) is 18.7. The monoisotopic (exact) mass is 333 g/mol. The van der Waals surface area contributed by atoms with Crippen molar-refractivity contribution >= 4 is 6.09 Å². The van der Waals surface area contributed by atoms with Crippen molar-refractivity contribution in [1.82, 2.24) is 10.2 Å². The van der Waals surface area contributed by atoms with E-state index >= 15 is 0 Å². The molecular formula is C19H31N3O2. The van der Waals surface area contributed by atoms with Crippen LogP contribution in [0.25, 0.3) is 0 Å². The Morgan fingerprint density at radius 3 is 2.67 bits per heavy atom. The van der Waals surface area contributed by atoms with Crippen LogP contribution in [-0.2, 0) is 11.3 Å². The van der Waals surface area contributed by atoms with Gasteiger partial charge in [0.1, 0.15) is 5.60 Å². The molecule has 1 amide bonds. The molecule has 1 aromatic carbocycles. The molecule has 3 N–H and O–H groups in total. The van der Waals surface area contributed by atoms with Gasteiger partial charge in [-0.15, -0.1) is 0 Å². The van der Waals surface area contributed by atoms with Crippen LogP contribution in [-0.4, -0.2) is 41.8 Å².